The first kappa shape index (κ1) is 17.8. The lowest BCUT2D eigenvalue weighted by Gasteiger charge is -2.25. The molecule has 0 aromatic rings. The van der Waals surface area contributed by atoms with Gasteiger partial charge in [-0.3, -0.25) is 0 Å². The summed E-state index contributed by atoms with van der Waals surface area (Å²) in [5.74, 6) is 0. The topological polar surface area (TPSA) is 52.0 Å². The molecule has 0 aromatic heterocycles. The lowest BCUT2D eigenvalue weighted by atomic mass is 9.88. The van der Waals surface area contributed by atoms with Crippen molar-refractivity contribution in [2.75, 3.05) is 6.54 Å². The first-order valence-electron chi connectivity index (χ1n) is 5.91. The Kier molecular flexibility index (Phi) is 10.2. The minimum atomic E-state index is 0.127. The molecule has 2 nitrogen and oxygen atoms in total. The van der Waals surface area contributed by atoms with Crippen LogP contribution < -0.4 is 11.5 Å². The molecule has 0 aliphatic carbocycles. The Labute approximate surface area is 103 Å². The summed E-state index contributed by atoms with van der Waals surface area (Å²) in [6, 6.07) is 0.127. The predicted molar refractivity (Wildman–Crippen MR) is 72.4 cm³/mol. The minimum Gasteiger partial charge on any atom is -0.329 e. The maximum Gasteiger partial charge on any atom is 0.208 e. The summed E-state index contributed by atoms with van der Waals surface area (Å²) in [7, 11) is 0. The van der Waals surface area contributed by atoms with Gasteiger partial charge in [0.05, 0.1) is 0 Å². The summed E-state index contributed by atoms with van der Waals surface area (Å²) >= 11 is 0.713. The third-order valence-corrected chi connectivity index (χ3v) is 3.68. The smallest absolute Gasteiger partial charge is 0.208 e. The highest BCUT2D eigenvalue weighted by molar-refractivity contribution is 6.38. The molecule has 0 saturated heterocycles. The van der Waals surface area contributed by atoms with Gasteiger partial charge in [-0.15, -0.1) is 0 Å². The highest BCUT2D eigenvalue weighted by atomic mass is 27.1. The van der Waals surface area contributed by atoms with Gasteiger partial charge in [-0.1, -0.05) is 58.0 Å². The standard InChI is InChI=1S/C6H16N2.2C3H7.Al/c1-6(2,3)5(8)4-7;2*1-3-2;/h5H,4,7-8H2,1-3H3;2*3H,1-2H3;. The fraction of sp³-hybridized carbons (Fsp3) is 1.00. The molecule has 0 spiro atoms. The van der Waals surface area contributed by atoms with Gasteiger partial charge in [0.15, 0.2) is 0 Å². The molecule has 4 N–H and O–H groups in total. The third-order valence-electron chi connectivity index (χ3n) is 2.14. The van der Waals surface area contributed by atoms with Crippen LogP contribution in [0.5, 0.6) is 0 Å². The number of nitrogens with two attached hydrogens (primary N) is 2. The molecule has 0 aliphatic heterocycles. The van der Waals surface area contributed by atoms with E-state index in [1.54, 1.807) is 0 Å². The highest BCUT2D eigenvalue weighted by Gasteiger charge is 2.17. The first-order chi connectivity index (χ1) is 6.61. The number of hydrogen-bond donors (Lipinski definition) is 2. The van der Waals surface area contributed by atoms with Crippen molar-refractivity contribution in [3.8, 4) is 0 Å². The van der Waals surface area contributed by atoms with E-state index in [0.29, 0.717) is 21.8 Å². The Balaban J connectivity index is 0. The Bertz CT molecular complexity index is 133. The Morgan fingerprint density at radius 3 is 1.33 bits per heavy atom. The van der Waals surface area contributed by atoms with E-state index < -0.39 is 0 Å². The summed E-state index contributed by atoms with van der Waals surface area (Å²) < 4.78 is 1.92. The zero-order valence-corrected chi connectivity index (χ0v) is 12.8. The molecule has 0 bridgehead atoms. The van der Waals surface area contributed by atoms with Crippen LogP contribution in [0.4, 0.5) is 0 Å². The average molecular weight is 229 g/mol. The second-order valence-electron chi connectivity index (χ2n) is 5.89. The molecular formula is C12H30AlN2. The molecule has 0 fully saturated rings. The minimum absolute atomic E-state index is 0.127. The molecule has 0 aliphatic rings. The molecule has 0 saturated carbocycles. The molecule has 1 radical (unpaired) electrons. The second-order valence-corrected chi connectivity index (χ2v) is 8.94. The molecule has 1 unspecified atom stereocenters. The van der Waals surface area contributed by atoms with Gasteiger partial charge < -0.3 is 11.5 Å². The van der Waals surface area contributed by atoms with E-state index in [-0.39, 0.29) is 11.5 Å². The van der Waals surface area contributed by atoms with Gasteiger partial charge in [0.25, 0.3) is 0 Å². The molecule has 1 atom stereocenters. The van der Waals surface area contributed by atoms with Crippen molar-refractivity contribution in [2.24, 2.45) is 16.9 Å². The van der Waals surface area contributed by atoms with Crippen LogP contribution >= 0.6 is 0 Å². The van der Waals surface area contributed by atoms with Crippen molar-refractivity contribution in [2.45, 2.75) is 64.1 Å². The first-order valence-corrected chi connectivity index (χ1v) is 7.25. The largest absolute Gasteiger partial charge is 0.329 e. The van der Waals surface area contributed by atoms with Crippen molar-refractivity contribution in [1.82, 2.24) is 0 Å². The van der Waals surface area contributed by atoms with Crippen LogP contribution in [0, 0.1) is 5.41 Å². The van der Waals surface area contributed by atoms with Crippen LogP contribution in [0.3, 0.4) is 0 Å². The Hall–Kier alpha value is 0.452. The number of hydrogen-bond acceptors (Lipinski definition) is 2. The maximum absolute atomic E-state index is 5.62. The molecule has 15 heavy (non-hydrogen) atoms. The number of rotatable bonds is 3. The van der Waals surface area contributed by atoms with Crippen molar-refractivity contribution in [3.63, 3.8) is 0 Å². The molecule has 0 aromatic carbocycles. The zero-order valence-electron chi connectivity index (χ0n) is 11.7. The van der Waals surface area contributed by atoms with Crippen molar-refractivity contribution in [3.05, 3.63) is 0 Å². The van der Waals surface area contributed by atoms with Gasteiger partial charge in [-0.2, -0.15) is 0 Å². The summed E-state index contributed by atoms with van der Waals surface area (Å²) in [4.78, 5) is 0. The van der Waals surface area contributed by atoms with Crippen molar-refractivity contribution >= 4 is 15.2 Å². The lowest BCUT2D eigenvalue weighted by Crippen LogP contribution is -2.41. The summed E-state index contributed by atoms with van der Waals surface area (Å²) in [5.41, 5.74) is 11.1. The SMILES string of the molecule is CC(C)(C)C(N)CN.C[CH](C)[Al][CH](C)C. The molecule has 3 heteroatoms. The van der Waals surface area contributed by atoms with E-state index in [1.165, 1.54) is 0 Å². The predicted octanol–water partition coefficient (Wildman–Crippen LogP) is 2.67. The average Bonchev–Trinajstić information content (AvgIpc) is 1.99. The molecule has 0 rings (SSSR count). The van der Waals surface area contributed by atoms with Crippen LogP contribution in [0.25, 0.3) is 0 Å². The van der Waals surface area contributed by atoms with E-state index in [2.05, 4.69) is 48.5 Å². The monoisotopic (exact) mass is 229 g/mol. The normalized spacial score (nSPS) is 13.5. The lowest BCUT2D eigenvalue weighted by molar-refractivity contribution is 0.326. The van der Waals surface area contributed by atoms with Gasteiger partial charge in [-0.25, -0.2) is 0 Å². The van der Waals surface area contributed by atoms with Crippen LogP contribution in [0.2, 0.25) is 9.56 Å². The fourth-order valence-corrected chi connectivity index (χ4v) is 2.66. The van der Waals surface area contributed by atoms with Gasteiger partial charge in [0.2, 0.25) is 15.2 Å². The quantitative estimate of drug-likeness (QED) is 0.731. The summed E-state index contributed by atoms with van der Waals surface area (Å²) in [6.45, 7) is 16.0. The van der Waals surface area contributed by atoms with Crippen LogP contribution in [-0.4, -0.2) is 27.8 Å². The van der Waals surface area contributed by atoms with Gasteiger partial charge in [0, 0.05) is 12.6 Å². The van der Waals surface area contributed by atoms with E-state index in [1.807, 2.05) is 0 Å². The summed E-state index contributed by atoms with van der Waals surface area (Å²) in [5, 5.41) is 0. The van der Waals surface area contributed by atoms with Crippen molar-refractivity contribution in [1.29, 1.82) is 0 Å². The second kappa shape index (κ2) is 8.59. The Morgan fingerprint density at radius 1 is 1.00 bits per heavy atom. The van der Waals surface area contributed by atoms with Gasteiger partial charge in [-0.05, 0) is 5.41 Å². The molecule has 0 amide bonds. The zero-order chi connectivity index (χ0) is 12.6. The van der Waals surface area contributed by atoms with Crippen LogP contribution in [0.1, 0.15) is 48.5 Å². The van der Waals surface area contributed by atoms with E-state index in [9.17, 15) is 0 Å². The van der Waals surface area contributed by atoms with E-state index in [0.717, 1.165) is 9.56 Å². The van der Waals surface area contributed by atoms with E-state index >= 15 is 0 Å². The van der Waals surface area contributed by atoms with Gasteiger partial charge in [0.1, 0.15) is 0 Å². The van der Waals surface area contributed by atoms with Crippen molar-refractivity contribution < 1.29 is 0 Å². The maximum atomic E-state index is 5.62. The van der Waals surface area contributed by atoms with Crippen LogP contribution in [-0.2, 0) is 0 Å². The summed E-state index contributed by atoms with van der Waals surface area (Å²) in [6.07, 6.45) is 0. The van der Waals surface area contributed by atoms with Gasteiger partial charge >= 0.3 is 0 Å². The third kappa shape index (κ3) is 14.5. The van der Waals surface area contributed by atoms with Crippen LogP contribution in [0.15, 0.2) is 0 Å². The molecule has 0 heterocycles. The Morgan fingerprint density at radius 2 is 1.33 bits per heavy atom. The fourth-order valence-electron chi connectivity index (χ4n) is 1.12. The molecular weight excluding hydrogens is 199 g/mol. The molecule has 91 valence electrons. The highest BCUT2D eigenvalue weighted by Crippen LogP contribution is 2.15. The van der Waals surface area contributed by atoms with E-state index in [4.69, 9.17) is 11.5 Å².